The summed E-state index contributed by atoms with van der Waals surface area (Å²) in [6.45, 7) is 0. The number of hydrogen-bond donors (Lipinski definition) is 1. The highest BCUT2D eigenvalue weighted by Crippen LogP contribution is 2.17. The maximum absolute atomic E-state index is 12.7. The van der Waals surface area contributed by atoms with Crippen LogP contribution in [0, 0.1) is 3.57 Å². The predicted molar refractivity (Wildman–Crippen MR) is 108 cm³/mol. The summed E-state index contributed by atoms with van der Waals surface area (Å²) in [4.78, 5) is 16.8. The molecule has 0 radical (unpaired) electrons. The van der Waals surface area contributed by atoms with Gasteiger partial charge in [0.05, 0.1) is 22.1 Å². The normalized spacial score (nSPS) is 11.7. The number of carbonyl (C=O) groups excluding carboxylic acids is 1. The molecule has 3 rings (SSSR count). The van der Waals surface area contributed by atoms with Gasteiger partial charge in [0.25, 0.3) is 5.91 Å². The highest BCUT2D eigenvalue weighted by atomic mass is 127. The van der Waals surface area contributed by atoms with E-state index in [0.717, 1.165) is 9.13 Å². The average molecular weight is 462 g/mol. The first-order valence-electron chi connectivity index (χ1n) is 7.58. The summed E-state index contributed by atoms with van der Waals surface area (Å²) < 4.78 is 13.8. The number of hydrogen-bond acceptors (Lipinski definition) is 3. The average Bonchev–Trinajstić information content (AvgIpc) is 2.64. The van der Waals surface area contributed by atoms with Crippen LogP contribution in [0.4, 0.5) is 5.69 Å². The van der Waals surface area contributed by atoms with Crippen molar-refractivity contribution in [2.24, 2.45) is 0 Å². The van der Waals surface area contributed by atoms with Gasteiger partial charge in [-0.15, -0.1) is 0 Å². The number of amides is 1. The predicted octanol–water partition coefficient (Wildman–Crippen LogP) is 4.25. The molecule has 1 amide bonds. The van der Waals surface area contributed by atoms with Gasteiger partial charge in [0.15, 0.2) is 0 Å². The minimum absolute atomic E-state index is 0.300. The molecule has 1 aromatic heterocycles. The van der Waals surface area contributed by atoms with Crippen molar-refractivity contribution in [3.63, 3.8) is 0 Å². The summed E-state index contributed by atoms with van der Waals surface area (Å²) in [5, 5.41) is 3.13. The zero-order chi connectivity index (χ0) is 17.6. The maximum Gasteiger partial charge on any atom is 0.258 e. The van der Waals surface area contributed by atoms with E-state index in [1.165, 1.54) is 0 Å². The maximum atomic E-state index is 12.7. The van der Waals surface area contributed by atoms with Gasteiger partial charge in [-0.05, 0) is 64.6 Å². The fraction of sp³-hybridized carbons (Fsp3) is 0.0526. The minimum atomic E-state index is -1.40. The van der Waals surface area contributed by atoms with Gasteiger partial charge in [0, 0.05) is 15.5 Å². The van der Waals surface area contributed by atoms with E-state index in [1.54, 1.807) is 18.3 Å². The SMILES string of the molecule is O=C(Nc1ccc(I)cc1)c1cccnc1S(=O)Cc1ccccc1. The van der Waals surface area contributed by atoms with Crippen molar-refractivity contribution in [2.45, 2.75) is 10.8 Å². The second kappa shape index (κ2) is 8.35. The first kappa shape index (κ1) is 17.8. The van der Waals surface area contributed by atoms with Crippen LogP contribution in [0.3, 0.4) is 0 Å². The third kappa shape index (κ3) is 4.73. The number of nitrogens with zero attached hydrogens (tertiary/aromatic N) is 1. The Kier molecular flexibility index (Phi) is 5.93. The Morgan fingerprint density at radius 2 is 1.72 bits per heavy atom. The lowest BCUT2D eigenvalue weighted by molar-refractivity contribution is 0.102. The van der Waals surface area contributed by atoms with Crippen molar-refractivity contribution in [1.82, 2.24) is 4.98 Å². The molecule has 1 unspecified atom stereocenters. The van der Waals surface area contributed by atoms with Crippen molar-refractivity contribution in [3.8, 4) is 0 Å². The number of halogens is 1. The summed E-state index contributed by atoms with van der Waals surface area (Å²) in [6, 6.07) is 20.3. The molecule has 4 nitrogen and oxygen atoms in total. The molecule has 0 saturated carbocycles. The van der Waals surface area contributed by atoms with Crippen LogP contribution >= 0.6 is 22.6 Å². The molecule has 0 bridgehead atoms. The zero-order valence-corrected chi connectivity index (χ0v) is 16.2. The Bertz CT molecular complexity index is 899. The van der Waals surface area contributed by atoms with Gasteiger partial charge in [-0.3, -0.25) is 9.00 Å². The summed E-state index contributed by atoms with van der Waals surface area (Å²) in [5.41, 5.74) is 1.96. The Labute approximate surface area is 162 Å². The quantitative estimate of drug-likeness (QED) is 0.577. The largest absolute Gasteiger partial charge is 0.322 e. The monoisotopic (exact) mass is 462 g/mol. The molecule has 1 N–H and O–H groups in total. The van der Waals surface area contributed by atoms with Crippen molar-refractivity contribution in [1.29, 1.82) is 0 Å². The van der Waals surface area contributed by atoms with Gasteiger partial charge in [-0.1, -0.05) is 30.3 Å². The van der Waals surface area contributed by atoms with Gasteiger partial charge < -0.3 is 5.32 Å². The third-order valence-electron chi connectivity index (χ3n) is 3.47. The molecule has 6 heteroatoms. The van der Waals surface area contributed by atoms with Crippen molar-refractivity contribution < 1.29 is 9.00 Å². The van der Waals surface area contributed by atoms with E-state index in [0.29, 0.717) is 22.0 Å². The van der Waals surface area contributed by atoms with Crippen molar-refractivity contribution >= 4 is 45.0 Å². The van der Waals surface area contributed by atoms with Crippen LogP contribution < -0.4 is 5.32 Å². The Balaban J connectivity index is 1.81. The number of anilines is 1. The molecular formula is C19H15IN2O2S. The fourth-order valence-electron chi connectivity index (χ4n) is 2.27. The number of carbonyl (C=O) groups is 1. The molecule has 0 aliphatic rings. The molecule has 0 fully saturated rings. The second-order valence-corrected chi connectivity index (χ2v) is 7.90. The van der Waals surface area contributed by atoms with Crippen LogP contribution in [0.5, 0.6) is 0 Å². The number of nitrogens with one attached hydrogen (secondary N) is 1. The Hall–Kier alpha value is -2.06. The van der Waals surface area contributed by atoms with Gasteiger partial charge in [0.1, 0.15) is 5.03 Å². The van der Waals surface area contributed by atoms with Gasteiger partial charge in [-0.2, -0.15) is 0 Å². The lowest BCUT2D eigenvalue weighted by Gasteiger charge is -2.09. The van der Waals surface area contributed by atoms with Gasteiger partial charge in [-0.25, -0.2) is 4.98 Å². The van der Waals surface area contributed by atoms with Crippen molar-refractivity contribution in [3.05, 3.63) is 87.6 Å². The van der Waals surface area contributed by atoms with E-state index in [1.807, 2.05) is 54.6 Å². The topological polar surface area (TPSA) is 59.1 Å². The Morgan fingerprint density at radius 1 is 1.00 bits per heavy atom. The molecule has 25 heavy (non-hydrogen) atoms. The molecule has 0 aliphatic heterocycles. The van der Waals surface area contributed by atoms with Crippen LogP contribution in [0.2, 0.25) is 0 Å². The third-order valence-corrected chi connectivity index (χ3v) is 5.55. The standard InChI is InChI=1S/C19H15IN2O2S/c20-15-8-10-16(11-9-15)22-18(23)17-7-4-12-21-19(17)25(24)13-14-5-2-1-3-6-14/h1-12H,13H2,(H,22,23). The van der Waals surface area contributed by atoms with E-state index in [2.05, 4.69) is 32.9 Å². The van der Waals surface area contributed by atoms with E-state index < -0.39 is 10.8 Å². The van der Waals surface area contributed by atoms with E-state index in [4.69, 9.17) is 0 Å². The molecule has 126 valence electrons. The summed E-state index contributed by atoms with van der Waals surface area (Å²) in [7, 11) is -1.40. The highest BCUT2D eigenvalue weighted by molar-refractivity contribution is 14.1. The van der Waals surface area contributed by atoms with Crippen LogP contribution in [-0.4, -0.2) is 15.1 Å². The number of rotatable bonds is 5. The summed E-state index contributed by atoms with van der Waals surface area (Å²) in [5.74, 6) is 0.00695. The smallest absolute Gasteiger partial charge is 0.258 e. The van der Waals surface area contributed by atoms with E-state index >= 15 is 0 Å². The van der Waals surface area contributed by atoms with E-state index in [-0.39, 0.29) is 5.91 Å². The molecule has 0 spiro atoms. The molecule has 3 aromatic rings. The number of aromatic nitrogens is 1. The Morgan fingerprint density at radius 3 is 2.44 bits per heavy atom. The lowest BCUT2D eigenvalue weighted by Crippen LogP contribution is -2.16. The van der Waals surface area contributed by atoms with Crippen LogP contribution in [-0.2, 0) is 16.6 Å². The van der Waals surface area contributed by atoms with Gasteiger partial charge >= 0.3 is 0 Å². The molecule has 0 aliphatic carbocycles. The molecule has 1 heterocycles. The first-order valence-corrected chi connectivity index (χ1v) is 9.97. The number of pyridine rings is 1. The molecule has 2 aromatic carbocycles. The number of benzene rings is 2. The molecule has 1 atom stereocenters. The van der Waals surface area contributed by atoms with Crippen LogP contribution in [0.25, 0.3) is 0 Å². The highest BCUT2D eigenvalue weighted by Gasteiger charge is 2.17. The minimum Gasteiger partial charge on any atom is -0.322 e. The van der Waals surface area contributed by atoms with Gasteiger partial charge in [0.2, 0.25) is 0 Å². The van der Waals surface area contributed by atoms with E-state index in [9.17, 15) is 9.00 Å². The summed E-state index contributed by atoms with van der Waals surface area (Å²) in [6.07, 6.45) is 1.56. The lowest BCUT2D eigenvalue weighted by atomic mass is 10.2. The van der Waals surface area contributed by atoms with Crippen molar-refractivity contribution in [2.75, 3.05) is 5.32 Å². The second-order valence-electron chi connectivity index (χ2n) is 5.29. The first-order chi connectivity index (χ1) is 12.1. The van der Waals surface area contributed by atoms with Crippen LogP contribution in [0.15, 0.2) is 78.0 Å². The molecular weight excluding hydrogens is 447 g/mol. The zero-order valence-electron chi connectivity index (χ0n) is 13.2. The fourth-order valence-corrected chi connectivity index (χ4v) is 3.85. The molecule has 0 saturated heterocycles. The summed E-state index contributed by atoms with van der Waals surface area (Å²) >= 11 is 2.20. The van der Waals surface area contributed by atoms with Crippen LogP contribution in [0.1, 0.15) is 15.9 Å².